The molecule has 0 aliphatic carbocycles. The van der Waals surface area contributed by atoms with E-state index in [4.69, 9.17) is 9.47 Å². The molecule has 5 heteroatoms. The van der Waals surface area contributed by atoms with Gasteiger partial charge in [0.05, 0.1) is 7.11 Å². The first-order valence-corrected chi connectivity index (χ1v) is 8.03. The Kier molecular flexibility index (Phi) is 9.87. The maximum Gasteiger partial charge on any atom is 0.191 e. The van der Waals surface area contributed by atoms with Gasteiger partial charge in [0.15, 0.2) is 5.96 Å². The van der Waals surface area contributed by atoms with Gasteiger partial charge in [-0.1, -0.05) is 18.2 Å². The highest BCUT2D eigenvalue weighted by Gasteiger charge is 2.02. The molecule has 22 heavy (non-hydrogen) atoms. The molecule has 0 spiro atoms. The number of aliphatic imine (C=N–C) groups is 1. The van der Waals surface area contributed by atoms with Crippen molar-refractivity contribution in [3.8, 4) is 5.75 Å². The fraction of sp³-hybridized carbons (Fsp3) is 0.588. The first kappa shape index (κ1) is 18.3. The third-order valence-corrected chi connectivity index (χ3v) is 3.14. The maximum atomic E-state index is 5.37. The van der Waals surface area contributed by atoms with Gasteiger partial charge in [0, 0.05) is 32.8 Å². The quantitative estimate of drug-likeness (QED) is 0.395. The van der Waals surface area contributed by atoms with Crippen molar-refractivity contribution < 1.29 is 9.47 Å². The summed E-state index contributed by atoms with van der Waals surface area (Å²) >= 11 is 0. The van der Waals surface area contributed by atoms with E-state index in [1.54, 1.807) is 7.11 Å². The third kappa shape index (κ3) is 7.31. The molecule has 1 rings (SSSR count). The highest BCUT2D eigenvalue weighted by Crippen LogP contribution is 2.17. The van der Waals surface area contributed by atoms with Crippen LogP contribution in [0.1, 0.15) is 25.8 Å². The maximum absolute atomic E-state index is 5.37. The minimum atomic E-state index is 0.765. The van der Waals surface area contributed by atoms with E-state index in [9.17, 15) is 0 Å². The second-order valence-electron chi connectivity index (χ2n) is 4.80. The van der Waals surface area contributed by atoms with Crippen LogP contribution in [0.5, 0.6) is 5.75 Å². The average Bonchev–Trinajstić information content (AvgIpc) is 2.55. The van der Waals surface area contributed by atoms with E-state index in [1.165, 1.54) is 5.56 Å². The van der Waals surface area contributed by atoms with Crippen LogP contribution in [0.2, 0.25) is 0 Å². The number of rotatable bonds is 10. The van der Waals surface area contributed by atoms with Crippen molar-refractivity contribution in [2.75, 3.05) is 40.0 Å². The number of hydrogen-bond donors (Lipinski definition) is 2. The van der Waals surface area contributed by atoms with Gasteiger partial charge in [0.1, 0.15) is 5.75 Å². The Morgan fingerprint density at radius 1 is 1.18 bits per heavy atom. The van der Waals surface area contributed by atoms with E-state index in [0.29, 0.717) is 0 Å². The molecule has 0 bridgehead atoms. The van der Waals surface area contributed by atoms with Crippen LogP contribution in [0.4, 0.5) is 0 Å². The Morgan fingerprint density at radius 2 is 2.00 bits per heavy atom. The lowest BCUT2D eigenvalue weighted by Gasteiger charge is -2.12. The van der Waals surface area contributed by atoms with Crippen molar-refractivity contribution in [2.24, 2.45) is 4.99 Å². The molecule has 5 nitrogen and oxygen atoms in total. The zero-order chi connectivity index (χ0) is 16.0. The standard InChI is InChI=1S/C17H29N3O2/c1-4-18-17(19-12-8-14-22-5-2)20-13-11-15-9-6-7-10-16(15)21-3/h6-7,9-10H,4-5,8,11-14H2,1-3H3,(H2,18,19,20). The molecular formula is C17H29N3O2. The number of nitrogens with zero attached hydrogens (tertiary/aromatic N) is 1. The van der Waals surface area contributed by atoms with Crippen LogP contribution in [0.25, 0.3) is 0 Å². The van der Waals surface area contributed by atoms with Gasteiger partial charge in [-0.2, -0.15) is 0 Å². The van der Waals surface area contributed by atoms with E-state index < -0.39 is 0 Å². The Morgan fingerprint density at radius 3 is 2.73 bits per heavy atom. The fourth-order valence-electron chi connectivity index (χ4n) is 2.07. The molecule has 0 saturated heterocycles. The Balaban J connectivity index is 2.38. The van der Waals surface area contributed by atoms with Crippen LogP contribution in [0.15, 0.2) is 29.3 Å². The topological polar surface area (TPSA) is 54.9 Å². The Hall–Kier alpha value is -1.75. The lowest BCUT2D eigenvalue weighted by atomic mass is 10.1. The zero-order valence-electron chi connectivity index (χ0n) is 14.0. The minimum absolute atomic E-state index is 0.765. The molecule has 1 aromatic carbocycles. The van der Waals surface area contributed by atoms with Crippen molar-refractivity contribution in [3.63, 3.8) is 0 Å². The summed E-state index contributed by atoms with van der Waals surface area (Å²) in [6, 6.07) is 8.10. The number of hydrogen-bond acceptors (Lipinski definition) is 3. The summed E-state index contributed by atoms with van der Waals surface area (Å²) in [7, 11) is 1.70. The first-order valence-electron chi connectivity index (χ1n) is 8.03. The van der Waals surface area contributed by atoms with Crippen molar-refractivity contribution in [2.45, 2.75) is 26.7 Å². The molecule has 124 valence electrons. The van der Waals surface area contributed by atoms with Crippen LogP contribution in [0, 0.1) is 0 Å². The molecule has 0 radical (unpaired) electrons. The van der Waals surface area contributed by atoms with Crippen LogP contribution in [0.3, 0.4) is 0 Å². The summed E-state index contributed by atoms with van der Waals surface area (Å²) in [4.78, 5) is 4.54. The lowest BCUT2D eigenvalue weighted by Crippen LogP contribution is -2.38. The van der Waals surface area contributed by atoms with Crippen LogP contribution < -0.4 is 15.4 Å². The van der Waals surface area contributed by atoms with Crippen LogP contribution in [-0.2, 0) is 11.2 Å². The molecule has 2 N–H and O–H groups in total. The molecular weight excluding hydrogens is 278 g/mol. The average molecular weight is 307 g/mol. The Bertz CT molecular complexity index is 436. The third-order valence-electron chi connectivity index (χ3n) is 3.14. The molecule has 0 aliphatic rings. The van der Waals surface area contributed by atoms with E-state index in [1.807, 2.05) is 25.1 Å². The van der Waals surface area contributed by atoms with E-state index in [2.05, 4.69) is 28.6 Å². The van der Waals surface area contributed by atoms with Crippen molar-refractivity contribution in [1.29, 1.82) is 0 Å². The second-order valence-corrected chi connectivity index (χ2v) is 4.80. The molecule has 0 amide bonds. The van der Waals surface area contributed by atoms with Gasteiger partial charge >= 0.3 is 0 Å². The van der Waals surface area contributed by atoms with Crippen molar-refractivity contribution in [1.82, 2.24) is 10.6 Å². The summed E-state index contributed by atoms with van der Waals surface area (Å²) in [6.07, 6.45) is 1.84. The number of methoxy groups -OCH3 is 1. The molecule has 0 unspecified atom stereocenters. The monoisotopic (exact) mass is 307 g/mol. The molecule has 0 aliphatic heterocycles. The van der Waals surface area contributed by atoms with Crippen LogP contribution in [-0.4, -0.2) is 45.9 Å². The summed E-state index contributed by atoms with van der Waals surface area (Å²) in [5.74, 6) is 1.79. The molecule has 0 saturated carbocycles. The normalized spacial score (nSPS) is 11.3. The number of ether oxygens (including phenoxy) is 2. The summed E-state index contributed by atoms with van der Waals surface area (Å²) < 4.78 is 10.7. The highest BCUT2D eigenvalue weighted by molar-refractivity contribution is 5.79. The van der Waals surface area contributed by atoms with Gasteiger partial charge < -0.3 is 20.1 Å². The van der Waals surface area contributed by atoms with Crippen molar-refractivity contribution >= 4 is 5.96 Å². The zero-order valence-corrected chi connectivity index (χ0v) is 14.0. The Labute approximate surface area is 134 Å². The largest absolute Gasteiger partial charge is 0.496 e. The van der Waals surface area contributed by atoms with Gasteiger partial charge in [0.25, 0.3) is 0 Å². The number of para-hydroxylation sites is 1. The predicted molar refractivity (Wildman–Crippen MR) is 91.8 cm³/mol. The van der Waals surface area contributed by atoms with E-state index in [0.717, 1.165) is 57.4 Å². The summed E-state index contributed by atoms with van der Waals surface area (Å²) in [6.45, 7) is 8.04. The van der Waals surface area contributed by atoms with Gasteiger partial charge in [-0.25, -0.2) is 0 Å². The van der Waals surface area contributed by atoms with Gasteiger partial charge in [-0.3, -0.25) is 4.99 Å². The highest BCUT2D eigenvalue weighted by atomic mass is 16.5. The molecule has 0 aromatic heterocycles. The minimum Gasteiger partial charge on any atom is -0.496 e. The lowest BCUT2D eigenvalue weighted by molar-refractivity contribution is 0.146. The first-order chi connectivity index (χ1) is 10.8. The van der Waals surface area contributed by atoms with E-state index >= 15 is 0 Å². The van der Waals surface area contributed by atoms with Crippen molar-refractivity contribution in [3.05, 3.63) is 29.8 Å². The fourth-order valence-corrected chi connectivity index (χ4v) is 2.07. The molecule has 0 fully saturated rings. The number of guanidine groups is 1. The number of benzene rings is 1. The number of nitrogens with one attached hydrogen (secondary N) is 2. The summed E-state index contributed by atoms with van der Waals surface area (Å²) in [5.41, 5.74) is 1.20. The van der Waals surface area contributed by atoms with Crippen LogP contribution >= 0.6 is 0 Å². The predicted octanol–water partition coefficient (Wildman–Crippen LogP) is 2.22. The molecule has 1 aromatic rings. The SMILES string of the molecule is CCNC(=NCCCOCC)NCCc1ccccc1OC. The van der Waals surface area contributed by atoms with Gasteiger partial charge in [0.2, 0.25) is 0 Å². The molecule has 0 atom stereocenters. The van der Waals surface area contributed by atoms with Gasteiger partial charge in [-0.05, 0) is 38.3 Å². The summed E-state index contributed by atoms with van der Waals surface area (Å²) in [5, 5.41) is 6.61. The second kappa shape index (κ2) is 11.9. The van der Waals surface area contributed by atoms with Gasteiger partial charge in [-0.15, -0.1) is 0 Å². The smallest absolute Gasteiger partial charge is 0.191 e. The molecule has 0 heterocycles. The van der Waals surface area contributed by atoms with E-state index in [-0.39, 0.29) is 0 Å².